The standard InChI is InChI=1S/C17H23N3O2S/c1-4-5-12(2)16(21)18-17-20-19-15(23-17)11-8-13-6-9-14(22-3)10-7-13/h6-7,9-10,12H,4-5,8,11H2,1-3H3,(H,18,20,21)/t12-/m0/s1. The van der Waals surface area contributed by atoms with Gasteiger partial charge in [0.15, 0.2) is 0 Å². The van der Waals surface area contributed by atoms with Crippen molar-refractivity contribution in [3.63, 3.8) is 0 Å². The number of amides is 1. The maximum atomic E-state index is 12.0. The molecule has 1 aromatic heterocycles. The van der Waals surface area contributed by atoms with Gasteiger partial charge in [0, 0.05) is 12.3 Å². The van der Waals surface area contributed by atoms with Gasteiger partial charge in [-0.1, -0.05) is 43.7 Å². The van der Waals surface area contributed by atoms with E-state index in [0.29, 0.717) is 5.13 Å². The lowest BCUT2D eigenvalue weighted by atomic mass is 10.1. The van der Waals surface area contributed by atoms with E-state index >= 15 is 0 Å². The van der Waals surface area contributed by atoms with Crippen LogP contribution in [0.25, 0.3) is 0 Å². The third-order valence-corrected chi connectivity index (χ3v) is 4.55. The average molecular weight is 333 g/mol. The highest BCUT2D eigenvalue weighted by Gasteiger charge is 2.14. The molecule has 2 rings (SSSR count). The summed E-state index contributed by atoms with van der Waals surface area (Å²) in [5.74, 6) is 0.882. The first-order chi connectivity index (χ1) is 11.1. The zero-order valence-corrected chi connectivity index (χ0v) is 14.7. The van der Waals surface area contributed by atoms with Crippen molar-refractivity contribution < 1.29 is 9.53 Å². The fourth-order valence-corrected chi connectivity index (χ4v) is 2.98. The third kappa shape index (κ3) is 5.32. The first-order valence-corrected chi connectivity index (χ1v) is 8.70. The first-order valence-electron chi connectivity index (χ1n) is 7.88. The fraction of sp³-hybridized carbons (Fsp3) is 0.471. The van der Waals surface area contributed by atoms with Crippen molar-refractivity contribution in [1.29, 1.82) is 0 Å². The zero-order valence-electron chi connectivity index (χ0n) is 13.8. The van der Waals surface area contributed by atoms with Crippen molar-refractivity contribution in [3.05, 3.63) is 34.8 Å². The molecule has 0 bridgehead atoms. The molecule has 1 amide bonds. The van der Waals surface area contributed by atoms with Gasteiger partial charge in [0.25, 0.3) is 0 Å². The van der Waals surface area contributed by atoms with Crippen molar-refractivity contribution in [2.24, 2.45) is 5.92 Å². The van der Waals surface area contributed by atoms with E-state index in [1.54, 1.807) is 7.11 Å². The second-order valence-electron chi connectivity index (χ2n) is 5.53. The van der Waals surface area contributed by atoms with Gasteiger partial charge in [-0.2, -0.15) is 0 Å². The average Bonchev–Trinajstić information content (AvgIpc) is 3.01. The third-order valence-electron chi connectivity index (χ3n) is 3.65. The number of hydrogen-bond acceptors (Lipinski definition) is 5. The fourth-order valence-electron chi connectivity index (χ4n) is 2.24. The van der Waals surface area contributed by atoms with Crippen LogP contribution in [0.3, 0.4) is 0 Å². The van der Waals surface area contributed by atoms with Crippen LogP contribution in [0, 0.1) is 5.92 Å². The molecule has 124 valence electrons. The van der Waals surface area contributed by atoms with Crippen LogP contribution >= 0.6 is 11.3 Å². The lowest BCUT2D eigenvalue weighted by Crippen LogP contribution is -2.20. The Bertz CT molecular complexity index is 625. The van der Waals surface area contributed by atoms with Gasteiger partial charge in [0.2, 0.25) is 11.0 Å². The van der Waals surface area contributed by atoms with Crippen LogP contribution in [-0.2, 0) is 17.6 Å². The van der Waals surface area contributed by atoms with Crippen LogP contribution in [0.1, 0.15) is 37.3 Å². The highest BCUT2D eigenvalue weighted by Crippen LogP contribution is 2.19. The highest BCUT2D eigenvalue weighted by molar-refractivity contribution is 7.15. The summed E-state index contributed by atoms with van der Waals surface area (Å²) >= 11 is 1.44. The molecule has 0 aliphatic carbocycles. The van der Waals surface area contributed by atoms with Crippen molar-refractivity contribution in [2.45, 2.75) is 39.5 Å². The number of nitrogens with zero attached hydrogens (tertiary/aromatic N) is 2. The normalized spacial score (nSPS) is 12.0. The van der Waals surface area contributed by atoms with E-state index in [2.05, 4.69) is 34.6 Å². The largest absolute Gasteiger partial charge is 0.497 e. The van der Waals surface area contributed by atoms with Crippen LogP contribution in [0.15, 0.2) is 24.3 Å². The summed E-state index contributed by atoms with van der Waals surface area (Å²) in [6.45, 7) is 4.01. The Morgan fingerprint density at radius 2 is 2.00 bits per heavy atom. The van der Waals surface area contributed by atoms with Gasteiger partial charge >= 0.3 is 0 Å². The molecule has 1 heterocycles. The number of methoxy groups -OCH3 is 1. The van der Waals surface area contributed by atoms with Crippen LogP contribution in [0.5, 0.6) is 5.75 Å². The Morgan fingerprint density at radius 1 is 1.26 bits per heavy atom. The molecule has 23 heavy (non-hydrogen) atoms. The molecule has 0 aliphatic rings. The lowest BCUT2D eigenvalue weighted by molar-refractivity contribution is -0.119. The molecule has 2 aromatic rings. The number of aryl methyl sites for hydroxylation is 2. The monoisotopic (exact) mass is 333 g/mol. The van der Waals surface area contributed by atoms with Gasteiger partial charge in [0.1, 0.15) is 10.8 Å². The van der Waals surface area contributed by atoms with E-state index in [9.17, 15) is 4.79 Å². The molecule has 1 aromatic carbocycles. The van der Waals surface area contributed by atoms with Gasteiger partial charge in [-0.05, 0) is 30.5 Å². The van der Waals surface area contributed by atoms with E-state index < -0.39 is 0 Å². The molecule has 0 aliphatic heterocycles. The lowest BCUT2D eigenvalue weighted by Gasteiger charge is -2.07. The molecule has 5 nitrogen and oxygen atoms in total. The summed E-state index contributed by atoms with van der Waals surface area (Å²) in [5, 5.41) is 12.6. The smallest absolute Gasteiger partial charge is 0.229 e. The maximum absolute atomic E-state index is 12.0. The first kappa shape index (κ1) is 17.4. The van der Waals surface area contributed by atoms with Gasteiger partial charge in [-0.15, -0.1) is 10.2 Å². The van der Waals surface area contributed by atoms with Crippen molar-refractivity contribution >= 4 is 22.4 Å². The van der Waals surface area contributed by atoms with E-state index in [-0.39, 0.29) is 11.8 Å². The molecule has 0 saturated carbocycles. The van der Waals surface area contributed by atoms with Gasteiger partial charge in [0.05, 0.1) is 7.11 Å². The Labute approximate surface area is 141 Å². The number of carbonyl (C=O) groups is 1. The Hall–Kier alpha value is -1.95. The molecule has 0 spiro atoms. The van der Waals surface area contributed by atoms with Crippen LogP contribution in [-0.4, -0.2) is 23.2 Å². The quantitative estimate of drug-likeness (QED) is 0.800. The molecular formula is C17H23N3O2S. The zero-order chi connectivity index (χ0) is 16.7. The predicted molar refractivity (Wildman–Crippen MR) is 93.0 cm³/mol. The number of aromatic nitrogens is 2. The predicted octanol–water partition coefficient (Wildman–Crippen LogP) is 3.71. The van der Waals surface area contributed by atoms with Crippen molar-refractivity contribution in [2.75, 3.05) is 12.4 Å². The number of hydrogen-bond donors (Lipinski definition) is 1. The topological polar surface area (TPSA) is 64.1 Å². The van der Waals surface area contributed by atoms with Crippen LogP contribution in [0.2, 0.25) is 0 Å². The summed E-state index contributed by atoms with van der Waals surface area (Å²) in [5.41, 5.74) is 1.23. The number of rotatable bonds is 8. The van der Waals surface area contributed by atoms with Crippen molar-refractivity contribution in [1.82, 2.24) is 10.2 Å². The van der Waals surface area contributed by atoms with Crippen LogP contribution < -0.4 is 10.1 Å². The Balaban J connectivity index is 1.85. The minimum atomic E-state index is 0.00616. The van der Waals surface area contributed by atoms with E-state index in [0.717, 1.165) is 36.4 Å². The van der Waals surface area contributed by atoms with Crippen molar-refractivity contribution in [3.8, 4) is 5.75 Å². The molecule has 1 atom stereocenters. The molecular weight excluding hydrogens is 310 g/mol. The molecule has 0 fully saturated rings. The minimum absolute atomic E-state index is 0.00616. The molecule has 6 heteroatoms. The SMILES string of the molecule is CCC[C@H](C)C(=O)Nc1nnc(CCc2ccc(OC)cc2)s1. The summed E-state index contributed by atoms with van der Waals surface area (Å²) < 4.78 is 5.15. The van der Waals surface area contributed by atoms with Crippen LogP contribution in [0.4, 0.5) is 5.13 Å². The van der Waals surface area contributed by atoms with Gasteiger partial charge in [-0.25, -0.2) is 0 Å². The number of anilines is 1. The Morgan fingerprint density at radius 3 is 2.65 bits per heavy atom. The molecule has 0 unspecified atom stereocenters. The molecule has 0 saturated heterocycles. The van der Waals surface area contributed by atoms with E-state index in [4.69, 9.17) is 4.74 Å². The summed E-state index contributed by atoms with van der Waals surface area (Å²) in [6.07, 6.45) is 3.58. The Kier molecular flexibility index (Phi) is 6.52. The molecule has 1 N–H and O–H groups in total. The van der Waals surface area contributed by atoms with E-state index in [1.165, 1.54) is 16.9 Å². The number of nitrogens with one attached hydrogen (secondary N) is 1. The second kappa shape index (κ2) is 8.62. The van der Waals surface area contributed by atoms with Gasteiger partial charge in [-0.3, -0.25) is 4.79 Å². The van der Waals surface area contributed by atoms with Gasteiger partial charge < -0.3 is 10.1 Å². The number of benzene rings is 1. The second-order valence-corrected chi connectivity index (χ2v) is 6.59. The molecule has 0 radical (unpaired) electrons. The van der Waals surface area contributed by atoms with E-state index in [1.807, 2.05) is 19.1 Å². The maximum Gasteiger partial charge on any atom is 0.229 e. The summed E-state index contributed by atoms with van der Waals surface area (Å²) in [6, 6.07) is 8.01. The number of ether oxygens (including phenoxy) is 1. The summed E-state index contributed by atoms with van der Waals surface area (Å²) in [4.78, 5) is 12.0. The summed E-state index contributed by atoms with van der Waals surface area (Å²) in [7, 11) is 1.66. The highest BCUT2D eigenvalue weighted by atomic mass is 32.1. The minimum Gasteiger partial charge on any atom is -0.497 e. The number of carbonyl (C=O) groups excluding carboxylic acids is 1.